The van der Waals surface area contributed by atoms with Gasteiger partial charge in [-0.25, -0.2) is 9.78 Å². The highest BCUT2D eigenvalue weighted by Gasteiger charge is 2.24. The van der Waals surface area contributed by atoms with Crippen LogP contribution in [0, 0.1) is 13.8 Å². The zero-order valence-electron chi connectivity index (χ0n) is 18.1. The molecule has 3 N–H and O–H groups in total. The number of aryl methyl sites for hydroxylation is 2. The molecule has 0 unspecified atom stereocenters. The highest BCUT2D eigenvalue weighted by molar-refractivity contribution is 7.97. The average molecular weight is 441 g/mol. The number of carboxylic acids is 1. The van der Waals surface area contributed by atoms with Crippen molar-refractivity contribution in [2.45, 2.75) is 57.5 Å². The number of nitrogens with zero attached hydrogens (tertiary/aromatic N) is 3. The van der Waals surface area contributed by atoms with Crippen molar-refractivity contribution in [3.05, 3.63) is 64.2 Å². The van der Waals surface area contributed by atoms with Crippen molar-refractivity contribution in [3.8, 4) is 0 Å². The summed E-state index contributed by atoms with van der Waals surface area (Å²) in [5.41, 5.74) is 4.73. The third kappa shape index (κ3) is 4.60. The maximum Gasteiger partial charge on any atom is 0.330 e. The van der Waals surface area contributed by atoms with E-state index in [4.69, 9.17) is 5.14 Å². The average Bonchev–Trinajstić information content (AvgIpc) is 2.98. The number of fused-ring (bicyclic) bond motifs is 1. The lowest BCUT2D eigenvalue weighted by molar-refractivity contribution is -0.137. The van der Waals surface area contributed by atoms with Crippen molar-refractivity contribution in [1.29, 1.82) is 0 Å². The van der Waals surface area contributed by atoms with Gasteiger partial charge in [0.25, 0.3) is 0 Å². The van der Waals surface area contributed by atoms with Gasteiger partial charge in [-0.15, -0.1) is 0 Å². The van der Waals surface area contributed by atoms with Gasteiger partial charge in [-0.2, -0.15) is 0 Å². The minimum Gasteiger partial charge on any atom is -0.481 e. The molecule has 0 saturated carbocycles. The van der Waals surface area contributed by atoms with Crippen LogP contribution in [0.25, 0.3) is 16.7 Å². The number of pyridine rings is 1. The Morgan fingerprint density at radius 1 is 1.35 bits per heavy atom. The Kier molecular flexibility index (Phi) is 7.02. The van der Waals surface area contributed by atoms with Gasteiger partial charge in [0.05, 0.1) is 24.5 Å². The number of nitrogens with two attached hydrogens (primary N) is 1. The molecular formula is C23H28N4O3S. The molecule has 1 atom stereocenters. The number of carbonyl (C=O) groups is 1. The van der Waals surface area contributed by atoms with E-state index < -0.39 is 12.0 Å². The second-order valence-corrected chi connectivity index (χ2v) is 8.48. The van der Waals surface area contributed by atoms with Crippen molar-refractivity contribution in [2.24, 2.45) is 5.14 Å². The molecule has 2 aromatic heterocycles. The van der Waals surface area contributed by atoms with E-state index in [1.165, 1.54) is 4.57 Å². The van der Waals surface area contributed by atoms with Gasteiger partial charge >= 0.3 is 11.7 Å². The Morgan fingerprint density at radius 2 is 2.10 bits per heavy atom. The van der Waals surface area contributed by atoms with Crippen LogP contribution in [-0.4, -0.2) is 25.2 Å². The molecule has 0 aliphatic heterocycles. The molecule has 0 fully saturated rings. The number of aromatic nitrogens is 3. The quantitative estimate of drug-likeness (QED) is 0.481. The summed E-state index contributed by atoms with van der Waals surface area (Å²) in [6.45, 7) is 10.5. The summed E-state index contributed by atoms with van der Waals surface area (Å²) < 4.78 is 3.15. The fourth-order valence-corrected chi connectivity index (χ4v) is 4.87. The van der Waals surface area contributed by atoms with E-state index in [-0.39, 0.29) is 18.7 Å². The first-order valence-corrected chi connectivity index (χ1v) is 11.1. The summed E-state index contributed by atoms with van der Waals surface area (Å²) in [5, 5.41) is 15.3. The smallest absolute Gasteiger partial charge is 0.330 e. The van der Waals surface area contributed by atoms with Gasteiger partial charge in [-0.3, -0.25) is 19.1 Å². The van der Waals surface area contributed by atoms with Crippen molar-refractivity contribution in [3.63, 3.8) is 0 Å². The van der Waals surface area contributed by atoms with Gasteiger partial charge in [0.1, 0.15) is 0 Å². The second-order valence-electron chi connectivity index (χ2n) is 7.80. The van der Waals surface area contributed by atoms with Gasteiger partial charge in [0, 0.05) is 11.1 Å². The third-order valence-corrected chi connectivity index (χ3v) is 5.97. The molecule has 2 heterocycles. The van der Waals surface area contributed by atoms with Crippen LogP contribution in [0.15, 0.2) is 46.7 Å². The molecule has 0 spiro atoms. The van der Waals surface area contributed by atoms with E-state index >= 15 is 0 Å². The number of aliphatic carboxylic acids is 1. The van der Waals surface area contributed by atoms with Crippen LogP contribution < -0.4 is 10.8 Å². The van der Waals surface area contributed by atoms with Gasteiger partial charge in [0.2, 0.25) is 0 Å². The maximum absolute atomic E-state index is 13.5. The number of rotatable bonds is 9. The normalized spacial score (nSPS) is 12.3. The lowest BCUT2D eigenvalue weighted by Gasteiger charge is -2.16. The van der Waals surface area contributed by atoms with Crippen molar-refractivity contribution < 1.29 is 9.90 Å². The number of benzene rings is 1. The minimum absolute atomic E-state index is 0.130. The van der Waals surface area contributed by atoms with Gasteiger partial charge in [-0.05, 0) is 72.7 Å². The van der Waals surface area contributed by atoms with E-state index in [0.29, 0.717) is 17.6 Å². The van der Waals surface area contributed by atoms with Gasteiger partial charge in [0.15, 0.2) is 5.65 Å². The van der Waals surface area contributed by atoms with Crippen LogP contribution in [0.3, 0.4) is 0 Å². The van der Waals surface area contributed by atoms with E-state index in [2.05, 4.69) is 17.6 Å². The molecule has 164 valence electrons. The standard InChI is InChI=1S/C23H28N4O3S/c1-5-7-17(12-20(28)29)27-22-18(8-6-9-25-22)26(23(27)30)13-16(4)21-15(3)10-14(2)11-19(21)31-24/h6,8-11,17H,4-5,7,12-13,24H2,1-3H3,(H,28,29)/t17-/m0/s1. The zero-order valence-corrected chi connectivity index (χ0v) is 18.9. The fourth-order valence-electron chi connectivity index (χ4n) is 4.19. The largest absolute Gasteiger partial charge is 0.481 e. The zero-order chi connectivity index (χ0) is 22.7. The Labute approximate surface area is 185 Å². The molecule has 0 aliphatic carbocycles. The molecule has 0 saturated heterocycles. The fraction of sp³-hybridized carbons (Fsp3) is 0.348. The number of imidazole rings is 1. The predicted octanol–water partition coefficient (Wildman–Crippen LogP) is 4.31. The molecular weight excluding hydrogens is 412 g/mol. The summed E-state index contributed by atoms with van der Waals surface area (Å²) in [6.07, 6.45) is 2.83. The van der Waals surface area contributed by atoms with Crippen LogP contribution >= 0.6 is 11.9 Å². The maximum atomic E-state index is 13.5. The van der Waals surface area contributed by atoms with Crippen LogP contribution in [-0.2, 0) is 11.3 Å². The summed E-state index contributed by atoms with van der Waals surface area (Å²) in [4.78, 5) is 30.2. The minimum atomic E-state index is -0.938. The van der Waals surface area contributed by atoms with Gasteiger partial charge in [-0.1, -0.05) is 26.0 Å². The van der Waals surface area contributed by atoms with E-state index in [1.807, 2.05) is 32.9 Å². The molecule has 31 heavy (non-hydrogen) atoms. The van der Waals surface area contributed by atoms with E-state index in [9.17, 15) is 14.7 Å². The summed E-state index contributed by atoms with van der Waals surface area (Å²) in [7, 11) is 0. The highest BCUT2D eigenvalue weighted by atomic mass is 32.2. The molecule has 0 radical (unpaired) electrons. The molecule has 8 heteroatoms. The molecule has 3 aromatic rings. The molecule has 0 bridgehead atoms. The summed E-state index contributed by atoms with van der Waals surface area (Å²) in [5.74, 6) is -0.938. The highest BCUT2D eigenvalue weighted by Crippen LogP contribution is 2.31. The SMILES string of the molecule is C=C(Cn1c(=O)n([C@@H](CCC)CC(=O)O)c2ncccc21)c1c(C)cc(C)cc1SN. The van der Waals surface area contributed by atoms with Crippen LogP contribution in [0.5, 0.6) is 0 Å². The molecule has 0 aliphatic rings. The number of hydrogen-bond donors (Lipinski definition) is 2. The van der Waals surface area contributed by atoms with E-state index in [0.717, 1.165) is 45.5 Å². The van der Waals surface area contributed by atoms with E-state index in [1.54, 1.807) is 16.8 Å². The number of carboxylic acid groups (broad SMARTS) is 1. The lowest BCUT2D eigenvalue weighted by Crippen LogP contribution is -2.29. The van der Waals surface area contributed by atoms with Crippen molar-refractivity contribution in [2.75, 3.05) is 0 Å². The molecule has 1 aromatic carbocycles. The van der Waals surface area contributed by atoms with Gasteiger partial charge < -0.3 is 5.11 Å². The molecule has 0 amide bonds. The number of hydrogen-bond acceptors (Lipinski definition) is 5. The predicted molar refractivity (Wildman–Crippen MR) is 125 cm³/mol. The van der Waals surface area contributed by atoms with Crippen LogP contribution in [0.2, 0.25) is 0 Å². The Morgan fingerprint density at radius 3 is 2.74 bits per heavy atom. The number of allylic oxidation sites excluding steroid dienone is 1. The monoisotopic (exact) mass is 440 g/mol. The first-order valence-electron chi connectivity index (χ1n) is 10.2. The van der Waals surface area contributed by atoms with Crippen molar-refractivity contribution >= 4 is 34.7 Å². The Balaban J connectivity index is 2.12. The van der Waals surface area contributed by atoms with Crippen molar-refractivity contribution in [1.82, 2.24) is 14.1 Å². The second kappa shape index (κ2) is 9.53. The first-order chi connectivity index (χ1) is 14.8. The van der Waals surface area contributed by atoms with Crippen LogP contribution in [0.4, 0.5) is 0 Å². The Hall–Kier alpha value is -2.84. The summed E-state index contributed by atoms with van der Waals surface area (Å²) in [6, 6.07) is 7.22. The third-order valence-electron chi connectivity index (χ3n) is 5.39. The molecule has 7 nitrogen and oxygen atoms in total. The molecule has 3 rings (SSSR count). The van der Waals surface area contributed by atoms with Crippen LogP contribution in [0.1, 0.15) is 48.9 Å². The first kappa shape index (κ1) is 22.8. The summed E-state index contributed by atoms with van der Waals surface area (Å²) >= 11 is 1.16. The topological polar surface area (TPSA) is 103 Å². The Bertz CT molecular complexity index is 1200. The lowest BCUT2D eigenvalue weighted by atomic mass is 9.99.